The van der Waals surface area contributed by atoms with Gasteiger partial charge in [0.15, 0.2) is 0 Å². The number of sulfonamides is 1. The van der Waals surface area contributed by atoms with Gasteiger partial charge >= 0.3 is 0 Å². The van der Waals surface area contributed by atoms with Gasteiger partial charge in [-0.25, -0.2) is 8.42 Å². The van der Waals surface area contributed by atoms with E-state index in [2.05, 4.69) is 4.72 Å². The lowest BCUT2D eigenvalue weighted by Gasteiger charge is -2.13. The van der Waals surface area contributed by atoms with Gasteiger partial charge in [-0.15, -0.1) is 0 Å². The van der Waals surface area contributed by atoms with Crippen LogP contribution in [0.4, 0.5) is 0 Å². The van der Waals surface area contributed by atoms with Crippen molar-refractivity contribution in [3.63, 3.8) is 0 Å². The maximum atomic E-state index is 12.0. The number of hydrogen-bond acceptors (Lipinski definition) is 4. The second-order valence-corrected chi connectivity index (χ2v) is 5.82. The smallest absolute Gasteiger partial charge is 0.241 e. The van der Waals surface area contributed by atoms with Crippen LogP contribution in [0.2, 0.25) is 0 Å². The van der Waals surface area contributed by atoms with Crippen molar-refractivity contribution in [2.24, 2.45) is 5.73 Å². The molecule has 1 aromatic carbocycles. The van der Waals surface area contributed by atoms with Gasteiger partial charge in [-0.05, 0) is 44.5 Å². The van der Waals surface area contributed by atoms with Gasteiger partial charge in [0.25, 0.3) is 0 Å². The summed E-state index contributed by atoms with van der Waals surface area (Å²) in [7, 11) is -3.77. The molecule has 3 N–H and O–H groups in total. The minimum Gasteiger partial charge on any atom is -0.494 e. The van der Waals surface area contributed by atoms with E-state index in [1.165, 1.54) is 19.1 Å². The first kappa shape index (κ1) is 15.5. The molecule has 0 aliphatic carbocycles. The molecular formula is C12H18N2O4S. The van der Waals surface area contributed by atoms with Crippen molar-refractivity contribution in [1.82, 2.24) is 4.72 Å². The number of primary amides is 1. The highest BCUT2D eigenvalue weighted by Gasteiger charge is 2.20. The Balaban J connectivity index is 3.02. The minimum atomic E-state index is -3.77. The number of nitrogens with one attached hydrogen (secondary N) is 1. The van der Waals surface area contributed by atoms with Gasteiger partial charge < -0.3 is 10.5 Å². The van der Waals surface area contributed by atoms with Gasteiger partial charge in [-0.1, -0.05) is 0 Å². The number of amides is 1. The summed E-state index contributed by atoms with van der Waals surface area (Å²) >= 11 is 0. The third-order valence-electron chi connectivity index (χ3n) is 2.52. The predicted molar refractivity (Wildman–Crippen MR) is 71.3 cm³/mol. The first-order valence-corrected chi connectivity index (χ1v) is 7.31. The summed E-state index contributed by atoms with van der Waals surface area (Å²) in [6.07, 6.45) is 0. The lowest BCUT2D eigenvalue weighted by molar-refractivity contribution is -0.119. The van der Waals surface area contributed by atoms with Gasteiger partial charge in [0.05, 0.1) is 17.5 Å². The molecule has 0 aromatic heterocycles. The van der Waals surface area contributed by atoms with Crippen molar-refractivity contribution in [3.8, 4) is 5.75 Å². The Kier molecular flexibility index (Phi) is 4.90. The topological polar surface area (TPSA) is 98.5 Å². The SMILES string of the molecule is CCOc1ccc(S(=O)(=O)N[C@H](C)C(N)=O)cc1C. The number of ether oxygens (including phenoxy) is 1. The standard InChI is InChI=1S/C12H18N2O4S/c1-4-18-11-6-5-10(7-8(11)2)19(16,17)14-9(3)12(13)15/h5-7,9,14H,4H2,1-3H3,(H2,13,15)/t9-/m1/s1. The molecule has 0 spiro atoms. The van der Waals surface area contributed by atoms with E-state index >= 15 is 0 Å². The molecule has 0 aliphatic rings. The van der Waals surface area contributed by atoms with Crippen molar-refractivity contribution in [1.29, 1.82) is 0 Å². The zero-order chi connectivity index (χ0) is 14.6. The maximum absolute atomic E-state index is 12.0. The summed E-state index contributed by atoms with van der Waals surface area (Å²) in [5.41, 5.74) is 5.73. The van der Waals surface area contributed by atoms with Crippen LogP contribution in [0.15, 0.2) is 23.1 Å². The van der Waals surface area contributed by atoms with E-state index in [0.29, 0.717) is 17.9 Å². The average Bonchev–Trinajstić information content (AvgIpc) is 2.31. The molecule has 0 bridgehead atoms. The van der Waals surface area contributed by atoms with Gasteiger partial charge in [0.1, 0.15) is 5.75 Å². The molecule has 0 radical (unpaired) electrons. The van der Waals surface area contributed by atoms with Crippen molar-refractivity contribution in [2.45, 2.75) is 31.7 Å². The Morgan fingerprint density at radius 2 is 2.11 bits per heavy atom. The number of carbonyl (C=O) groups excluding carboxylic acids is 1. The van der Waals surface area contributed by atoms with Gasteiger partial charge in [0.2, 0.25) is 15.9 Å². The monoisotopic (exact) mass is 286 g/mol. The molecule has 106 valence electrons. The van der Waals surface area contributed by atoms with Crippen molar-refractivity contribution in [3.05, 3.63) is 23.8 Å². The van der Waals surface area contributed by atoms with Gasteiger partial charge in [0, 0.05) is 0 Å². The van der Waals surface area contributed by atoms with Crippen LogP contribution < -0.4 is 15.2 Å². The second-order valence-electron chi connectivity index (χ2n) is 4.11. The number of rotatable bonds is 6. The molecule has 0 saturated carbocycles. The maximum Gasteiger partial charge on any atom is 0.241 e. The predicted octanol–water partition coefficient (Wildman–Crippen LogP) is 0.546. The number of carbonyl (C=O) groups is 1. The highest BCUT2D eigenvalue weighted by atomic mass is 32.2. The highest BCUT2D eigenvalue weighted by Crippen LogP contribution is 2.21. The molecular weight excluding hydrogens is 268 g/mol. The Bertz CT molecular complexity index is 569. The molecule has 19 heavy (non-hydrogen) atoms. The van der Waals surface area contributed by atoms with Gasteiger partial charge in [-0.2, -0.15) is 4.72 Å². The second kappa shape index (κ2) is 6.03. The molecule has 1 aromatic rings. The summed E-state index contributed by atoms with van der Waals surface area (Å²) in [6, 6.07) is 3.54. The quantitative estimate of drug-likeness (QED) is 0.797. The van der Waals surface area contributed by atoms with Crippen molar-refractivity contribution in [2.75, 3.05) is 6.61 Å². The van der Waals surface area contributed by atoms with Crippen molar-refractivity contribution >= 4 is 15.9 Å². The summed E-state index contributed by atoms with van der Waals surface area (Å²) in [4.78, 5) is 11.0. The van der Waals surface area contributed by atoms with E-state index in [4.69, 9.17) is 10.5 Å². The van der Waals surface area contributed by atoms with E-state index in [-0.39, 0.29) is 4.90 Å². The lowest BCUT2D eigenvalue weighted by Crippen LogP contribution is -2.42. The minimum absolute atomic E-state index is 0.0709. The van der Waals surface area contributed by atoms with E-state index in [9.17, 15) is 13.2 Å². The van der Waals surface area contributed by atoms with E-state index < -0.39 is 22.0 Å². The van der Waals surface area contributed by atoms with Crippen LogP contribution in [-0.2, 0) is 14.8 Å². The molecule has 1 amide bonds. The third-order valence-corrected chi connectivity index (χ3v) is 4.05. The van der Waals surface area contributed by atoms with E-state index in [1.54, 1.807) is 13.0 Å². The van der Waals surface area contributed by atoms with Crippen LogP contribution >= 0.6 is 0 Å². The Morgan fingerprint density at radius 1 is 1.47 bits per heavy atom. The normalized spacial score (nSPS) is 13.0. The van der Waals surface area contributed by atoms with Crippen LogP contribution in [0.25, 0.3) is 0 Å². The fraction of sp³-hybridized carbons (Fsp3) is 0.417. The number of hydrogen-bond donors (Lipinski definition) is 2. The van der Waals surface area contributed by atoms with Crippen LogP contribution in [0, 0.1) is 6.92 Å². The molecule has 6 nitrogen and oxygen atoms in total. The molecule has 1 rings (SSSR count). The molecule has 0 fully saturated rings. The zero-order valence-electron chi connectivity index (χ0n) is 11.1. The fourth-order valence-electron chi connectivity index (χ4n) is 1.47. The van der Waals surface area contributed by atoms with Crippen molar-refractivity contribution < 1.29 is 17.9 Å². The molecule has 0 unspecified atom stereocenters. The first-order chi connectivity index (χ1) is 8.77. The molecule has 0 heterocycles. The highest BCUT2D eigenvalue weighted by molar-refractivity contribution is 7.89. The van der Waals surface area contributed by atoms with E-state index in [1.807, 2.05) is 6.92 Å². The Morgan fingerprint density at radius 3 is 2.58 bits per heavy atom. The van der Waals surface area contributed by atoms with Crippen LogP contribution in [0.3, 0.4) is 0 Å². The van der Waals surface area contributed by atoms with Crippen LogP contribution in [-0.4, -0.2) is 27.0 Å². The molecule has 0 saturated heterocycles. The Hall–Kier alpha value is -1.60. The number of nitrogens with two attached hydrogens (primary N) is 1. The zero-order valence-corrected chi connectivity index (χ0v) is 12.0. The summed E-state index contributed by atoms with van der Waals surface area (Å²) < 4.78 is 31.6. The number of aryl methyl sites for hydroxylation is 1. The molecule has 1 atom stereocenters. The summed E-state index contributed by atoms with van der Waals surface area (Å²) in [6.45, 7) is 5.49. The number of benzene rings is 1. The first-order valence-electron chi connectivity index (χ1n) is 5.83. The van der Waals surface area contributed by atoms with Crippen LogP contribution in [0.1, 0.15) is 19.4 Å². The third kappa shape index (κ3) is 3.93. The molecule has 0 aliphatic heterocycles. The largest absolute Gasteiger partial charge is 0.494 e. The lowest BCUT2D eigenvalue weighted by atomic mass is 10.2. The summed E-state index contributed by atoms with van der Waals surface area (Å²) in [5, 5.41) is 0. The Labute approximate surface area is 113 Å². The van der Waals surface area contributed by atoms with E-state index in [0.717, 1.165) is 0 Å². The van der Waals surface area contributed by atoms with Gasteiger partial charge in [-0.3, -0.25) is 4.79 Å². The molecule has 7 heteroatoms. The summed E-state index contributed by atoms with van der Waals surface area (Å²) in [5.74, 6) is -0.101. The van der Waals surface area contributed by atoms with Crippen LogP contribution in [0.5, 0.6) is 5.75 Å². The average molecular weight is 286 g/mol. The fourth-order valence-corrected chi connectivity index (χ4v) is 2.76.